The molecule has 0 spiro atoms. The second-order valence-electron chi connectivity index (χ2n) is 5.87. The molecule has 2 aromatic heterocycles. The van der Waals surface area contributed by atoms with Crippen LogP contribution >= 0.6 is 0 Å². The van der Waals surface area contributed by atoms with Gasteiger partial charge in [-0.05, 0) is 31.5 Å². The Kier molecular flexibility index (Phi) is 3.86. The zero-order valence-corrected chi connectivity index (χ0v) is 13.9. The lowest BCUT2D eigenvalue weighted by Gasteiger charge is -2.18. The van der Waals surface area contributed by atoms with Gasteiger partial charge >= 0.3 is 0 Å². The van der Waals surface area contributed by atoms with Gasteiger partial charge in [0, 0.05) is 43.5 Å². The van der Waals surface area contributed by atoms with Crippen LogP contribution in [0, 0.1) is 13.8 Å². The van der Waals surface area contributed by atoms with Gasteiger partial charge in [0.25, 0.3) is 5.91 Å². The molecule has 0 saturated carbocycles. The zero-order valence-electron chi connectivity index (χ0n) is 13.9. The van der Waals surface area contributed by atoms with Gasteiger partial charge in [0.15, 0.2) is 0 Å². The largest absolute Gasteiger partial charge is 0.337 e. The third kappa shape index (κ3) is 2.70. The average molecular weight is 308 g/mol. The van der Waals surface area contributed by atoms with Crippen molar-refractivity contribution in [3.63, 3.8) is 0 Å². The molecule has 0 unspecified atom stereocenters. The summed E-state index contributed by atoms with van der Waals surface area (Å²) >= 11 is 0. The smallest absolute Gasteiger partial charge is 0.256 e. The molecule has 0 aliphatic carbocycles. The SMILES string of the molecule is Cc1ccc(C(=O)N(C)Cc2cnn(C)c2C)c2ncccc12. The van der Waals surface area contributed by atoms with E-state index in [1.54, 1.807) is 11.1 Å². The second-order valence-corrected chi connectivity index (χ2v) is 5.87. The lowest BCUT2D eigenvalue weighted by molar-refractivity contribution is 0.0786. The van der Waals surface area contributed by atoms with Gasteiger partial charge in [-0.25, -0.2) is 0 Å². The van der Waals surface area contributed by atoms with Crippen LogP contribution in [0.3, 0.4) is 0 Å². The van der Waals surface area contributed by atoms with E-state index in [-0.39, 0.29) is 5.91 Å². The summed E-state index contributed by atoms with van der Waals surface area (Å²) in [7, 11) is 3.71. The minimum atomic E-state index is -0.0306. The van der Waals surface area contributed by atoms with Crippen LogP contribution in [0.5, 0.6) is 0 Å². The third-order valence-electron chi connectivity index (χ3n) is 4.31. The van der Waals surface area contributed by atoms with Crippen LogP contribution in [0.4, 0.5) is 0 Å². The van der Waals surface area contributed by atoms with Crippen LogP contribution in [0.15, 0.2) is 36.7 Å². The van der Waals surface area contributed by atoms with E-state index in [9.17, 15) is 4.79 Å². The van der Waals surface area contributed by atoms with Crippen LogP contribution in [-0.4, -0.2) is 32.6 Å². The summed E-state index contributed by atoms with van der Waals surface area (Å²) < 4.78 is 1.82. The maximum atomic E-state index is 12.9. The normalized spacial score (nSPS) is 11.0. The van der Waals surface area contributed by atoms with E-state index in [2.05, 4.69) is 10.1 Å². The molecule has 0 atom stereocenters. The molecule has 3 rings (SSSR count). The number of carbonyl (C=O) groups is 1. The Morgan fingerprint density at radius 3 is 2.74 bits per heavy atom. The first-order chi connectivity index (χ1) is 11.0. The van der Waals surface area contributed by atoms with Crippen molar-refractivity contribution in [1.82, 2.24) is 19.7 Å². The van der Waals surface area contributed by atoms with Crippen LogP contribution in [0.1, 0.15) is 27.2 Å². The Morgan fingerprint density at radius 1 is 1.26 bits per heavy atom. The molecule has 23 heavy (non-hydrogen) atoms. The highest BCUT2D eigenvalue weighted by molar-refractivity contribution is 6.06. The molecule has 0 bridgehead atoms. The molecule has 0 N–H and O–H groups in total. The predicted molar refractivity (Wildman–Crippen MR) is 90.2 cm³/mol. The van der Waals surface area contributed by atoms with Crippen LogP contribution in [0.2, 0.25) is 0 Å². The Bertz CT molecular complexity index is 882. The molecule has 0 fully saturated rings. The van der Waals surface area contributed by atoms with Gasteiger partial charge in [-0.2, -0.15) is 5.10 Å². The molecule has 2 heterocycles. The molecule has 118 valence electrons. The number of amides is 1. The molecular formula is C18H20N4O. The Balaban J connectivity index is 1.94. The standard InChI is InChI=1S/C18H20N4O/c1-12-7-8-16(17-15(12)6-5-9-19-17)18(23)21(3)11-14-10-20-22(4)13(14)2/h5-10H,11H2,1-4H3. The van der Waals surface area contributed by atoms with E-state index in [1.807, 2.05) is 63.1 Å². The van der Waals surface area contributed by atoms with Crippen LogP contribution in [0.25, 0.3) is 10.9 Å². The summed E-state index contributed by atoms with van der Waals surface area (Å²) in [4.78, 5) is 19.0. The first kappa shape index (κ1) is 15.2. The number of nitrogens with zero attached hydrogens (tertiary/aromatic N) is 4. The quantitative estimate of drug-likeness (QED) is 0.747. The summed E-state index contributed by atoms with van der Waals surface area (Å²) in [5, 5.41) is 5.25. The highest BCUT2D eigenvalue weighted by Crippen LogP contribution is 2.22. The van der Waals surface area contributed by atoms with Gasteiger partial charge in [-0.15, -0.1) is 0 Å². The molecule has 0 aliphatic rings. The van der Waals surface area contributed by atoms with Crippen LogP contribution in [-0.2, 0) is 13.6 Å². The number of rotatable bonds is 3. The first-order valence-electron chi connectivity index (χ1n) is 7.56. The monoisotopic (exact) mass is 308 g/mol. The molecule has 5 nitrogen and oxygen atoms in total. The maximum absolute atomic E-state index is 12.9. The molecule has 0 radical (unpaired) electrons. The van der Waals surface area contributed by atoms with Gasteiger partial charge in [0.2, 0.25) is 0 Å². The number of hydrogen-bond acceptors (Lipinski definition) is 3. The third-order valence-corrected chi connectivity index (χ3v) is 4.31. The molecule has 1 aromatic carbocycles. The fourth-order valence-electron chi connectivity index (χ4n) is 2.72. The van der Waals surface area contributed by atoms with Crippen molar-refractivity contribution in [1.29, 1.82) is 0 Å². The Labute approximate surface area is 135 Å². The van der Waals surface area contributed by atoms with E-state index >= 15 is 0 Å². The Morgan fingerprint density at radius 2 is 2.04 bits per heavy atom. The van der Waals surface area contributed by atoms with Crippen molar-refractivity contribution < 1.29 is 4.79 Å². The van der Waals surface area contributed by atoms with Gasteiger partial charge in [0.05, 0.1) is 17.3 Å². The van der Waals surface area contributed by atoms with Gasteiger partial charge in [-0.1, -0.05) is 12.1 Å². The minimum Gasteiger partial charge on any atom is -0.337 e. The fourth-order valence-corrected chi connectivity index (χ4v) is 2.72. The van der Waals surface area contributed by atoms with Gasteiger partial charge < -0.3 is 4.90 Å². The van der Waals surface area contributed by atoms with Crippen molar-refractivity contribution in [2.75, 3.05) is 7.05 Å². The van der Waals surface area contributed by atoms with Crippen molar-refractivity contribution in [3.8, 4) is 0 Å². The topological polar surface area (TPSA) is 51.0 Å². The first-order valence-corrected chi connectivity index (χ1v) is 7.56. The van der Waals surface area contributed by atoms with Crippen molar-refractivity contribution >= 4 is 16.8 Å². The molecule has 1 amide bonds. The molecule has 3 aromatic rings. The number of benzene rings is 1. The van der Waals surface area contributed by atoms with Gasteiger partial charge in [-0.3, -0.25) is 14.5 Å². The van der Waals surface area contributed by atoms with E-state index < -0.39 is 0 Å². The molecular weight excluding hydrogens is 288 g/mol. The highest BCUT2D eigenvalue weighted by Gasteiger charge is 2.18. The second kappa shape index (κ2) is 5.83. The van der Waals surface area contributed by atoms with E-state index in [0.29, 0.717) is 12.1 Å². The molecule has 0 aliphatic heterocycles. The Hall–Kier alpha value is -2.69. The number of aromatic nitrogens is 3. The summed E-state index contributed by atoms with van der Waals surface area (Å²) in [5.41, 5.74) is 4.63. The molecule has 5 heteroatoms. The van der Waals surface area contributed by atoms with Crippen molar-refractivity contribution in [3.05, 3.63) is 59.0 Å². The number of hydrogen-bond donors (Lipinski definition) is 0. The summed E-state index contributed by atoms with van der Waals surface area (Å²) in [6.45, 7) is 4.56. The summed E-state index contributed by atoms with van der Waals surface area (Å²) in [5.74, 6) is -0.0306. The highest BCUT2D eigenvalue weighted by atomic mass is 16.2. The van der Waals surface area contributed by atoms with E-state index in [1.165, 1.54) is 0 Å². The lowest BCUT2D eigenvalue weighted by atomic mass is 10.0. The number of fused-ring (bicyclic) bond motifs is 1. The minimum absolute atomic E-state index is 0.0306. The van der Waals surface area contributed by atoms with E-state index in [0.717, 1.165) is 27.7 Å². The predicted octanol–water partition coefficient (Wildman–Crippen LogP) is 2.86. The average Bonchev–Trinajstić information content (AvgIpc) is 2.87. The lowest BCUT2D eigenvalue weighted by Crippen LogP contribution is -2.26. The molecule has 0 saturated heterocycles. The van der Waals surface area contributed by atoms with Crippen LogP contribution < -0.4 is 0 Å². The van der Waals surface area contributed by atoms with Gasteiger partial charge in [0.1, 0.15) is 0 Å². The zero-order chi connectivity index (χ0) is 16.6. The fraction of sp³-hybridized carbons (Fsp3) is 0.278. The number of aryl methyl sites for hydroxylation is 2. The summed E-state index contributed by atoms with van der Waals surface area (Å²) in [6, 6.07) is 7.73. The van der Waals surface area contributed by atoms with Crippen molar-refractivity contribution in [2.24, 2.45) is 7.05 Å². The number of pyridine rings is 1. The number of carbonyl (C=O) groups excluding carboxylic acids is 1. The summed E-state index contributed by atoms with van der Waals surface area (Å²) in [6.07, 6.45) is 3.54. The van der Waals surface area contributed by atoms with Crippen molar-refractivity contribution in [2.45, 2.75) is 20.4 Å². The maximum Gasteiger partial charge on any atom is 0.256 e. The van der Waals surface area contributed by atoms with E-state index in [4.69, 9.17) is 0 Å².